The summed E-state index contributed by atoms with van der Waals surface area (Å²) >= 11 is 0. The van der Waals surface area contributed by atoms with Gasteiger partial charge in [-0.2, -0.15) is 0 Å². The summed E-state index contributed by atoms with van der Waals surface area (Å²) in [7, 11) is 4.90. The highest BCUT2D eigenvalue weighted by atomic mass is 19.1. The van der Waals surface area contributed by atoms with Crippen LogP contribution in [-0.2, 0) is 13.6 Å². The molecule has 0 amide bonds. The largest absolute Gasteiger partial charge is 0.496 e. The smallest absolute Gasteiger partial charge is 0.258 e. The Hall–Kier alpha value is -2.86. The Morgan fingerprint density at radius 2 is 1.71 bits per heavy atom. The van der Waals surface area contributed by atoms with Crippen molar-refractivity contribution < 1.29 is 13.9 Å². The molecule has 4 rings (SSSR count). The van der Waals surface area contributed by atoms with Crippen LogP contribution in [0.1, 0.15) is 12.0 Å². The van der Waals surface area contributed by atoms with E-state index in [1.54, 1.807) is 33.5 Å². The maximum Gasteiger partial charge on any atom is 0.258 e. The van der Waals surface area contributed by atoms with Crippen LogP contribution >= 0.6 is 0 Å². The minimum Gasteiger partial charge on any atom is -0.496 e. The Morgan fingerprint density at radius 3 is 2.29 bits per heavy atom. The van der Waals surface area contributed by atoms with E-state index in [0.29, 0.717) is 22.3 Å². The average Bonchev–Trinajstić information content (AvgIpc) is 2.67. The van der Waals surface area contributed by atoms with Crippen LogP contribution in [0.3, 0.4) is 0 Å². The van der Waals surface area contributed by atoms with Gasteiger partial charge in [0.05, 0.1) is 25.2 Å². The van der Waals surface area contributed by atoms with Crippen LogP contribution in [0.25, 0.3) is 21.9 Å². The molecule has 0 bridgehead atoms. The van der Waals surface area contributed by atoms with Crippen LogP contribution in [-0.4, -0.2) is 36.8 Å². The summed E-state index contributed by atoms with van der Waals surface area (Å²) < 4.78 is 26.6. The van der Waals surface area contributed by atoms with Crippen LogP contribution in [0.2, 0.25) is 0 Å². The quantitative estimate of drug-likeness (QED) is 0.677. The average molecular weight is 382 g/mol. The fourth-order valence-corrected chi connectivity index (χ4v) is 3.76. The van der Waals surface area contributed by atoms with E-state index in [1.807, 2.05) is 12.1 Å². The molecule has 28 heavy (non-hydrogen) atoms. The second-order valence-corrected chi connectivity index (χ2v) is 7.15. The van der Waals surface area contributed by atoms with Gasteiger partial charge >= 0.3 is 0 Å². The van der Waals surface area contributed by atoms with Crippen molar-refractivity contribution in [3.8, 4) is 22.6 Å². The number of halogens is 1. The van der Waals surface area contributed by atoms with Gasteiger partial charge in [-0.25, -0.2) is 4.39 Å². The summed E-state index contributed by atoms with van der Waals surface area (Å²) in [5.41, 5.74) is 2.38. The molecule has 2 aromatic carbocycles. The summed E-state index contributed by atoms with van der Waals surface area (Å²) in [6, 6.07) is 8.29. The van der Waals surface area contributed by atoms with Crippen molar-refractivity contribution in [1.29, 1.82) is 0 Å². The molecule has 1 saturated heterocycles. The molecule has 0 radical (unpaired) electrons. The third kappa shape index (κ3) is 3.14. The van der Waals surface area contributed by atoms with E-state index in [9.17, 15) is 9.18 Å². The van der Waals surface area contributed by atoms with E-state index in [0.717, 1.165) is 36.3 Å². The SMILES string of the molecule is COc1cc(CN2CCC2)cc(OC)c1-c1cn(C)c(=O)c2cc(F)ccc12. The fourth-order valence-electron chi connectivity index (χ4n) is 3.76. The lowest BCUT2D eigenvalue weighted by Crippen LogP contribution is -2.36. The number of aromatic nitrogens is 1. The van der Waals surface area contributed by atoms with Gasteiger partial charge in [-0.05, 0) is 54.7 Å². The van der Waals surface area contributed by atoms with E-state index in [2.05, 4.69) is 4.90 Å². The summed E-state index contributed by atoms with van der Waals surface area (Å²) in [5.74, 6) is 0.892. The van der Waals surface area contributed by atoms with Crippen molar-refractivity contribution in [1.82, 2.24) is 9.47 Å². The van der Waals surface area contributed by atoms with Gasteiger partial charge in [-0.3, -0.25) is 9.69 Å². The first-order chi connectivity index (χ1) is 13.5. The zero-order valence-electron chi connectivity index (χ0n) is 16.3. The highest BCUT2D eigenvalue weighted by Crippen LogP contribution is 2.42. The highest BCUT2D eigenvalue weighted by Gasteiger charge is 2.21. The van der Waals surface area contributed by atoms with Crippen LogP contribution in [0.4, 0.5) is 4.39 Å². The molecule has 0 aliphatic carbocycles. The Morgan fingerprint density at radius 1 is 1.04 bits per heavy atom. The molecular formula is C22H23FN2O3. The lowest BCUT2D eigenvalue weighted by Gasteiger charge is -2.31. The third-order valence-electron chi connectivity index (χ3n) is 5.34. The van der Waals surface area contributed by atoms with E-state index >= 15 is 0 Å². The van der Waals surface area contributed by atoms with Crippen molar-refractivity contribution in [2.24, 2.45) is 7.05 Å². The Kier molecular flexibility index (Phi) is 4.81. The molecule has 5 nitrogen and oxygen atoms in total. The Labute approximate surface area is 162 Å². The minimum absolute atomic E-state index is 0.245. The van der Waals surface area contributed by atoms with Crippen molar-refractivity contribution in [3.63, 3.8) is 0 Å². The first-order valence-electron chi connectivity index (χ1n) is 9.28. The molecule has 146 valence electrons. The summed E-state index contributed by atoms with van der Waals surface area (Å²) in [6.45, 7) is 3.04. The number of likely N-dealkylation sites (tertiary alicyclic amines) is 1. The standard InChI is InChI=1S/C22H23FN2O3/c1-24-13-18(16-6-5-15(23)11-17(16)22(24)26)21-19(27-2)9-14(10-20(21)28-3)12-25-7-4-8-25/h5-6,9-11,13H,4,7-8,12H2,1-3H3. The maximum absolute atomic E-state index is 13.8. The number of ether oxygens (including phenoxy) is 2. The van der Waals surface area contributed by atoms with E-state index < -0.39 is 5.82 Å². The second-order valence-electron chi connectivity index (χ2n) is 7.15. The van der Waals surface area contributed by atoms with E-state index in [4.69, 9.17) is 9.47 Å². The predicted octanol–water partition coefficient (Wildman–Crippen LogP) is 3.57. The number of aryl methyl sites for hydroxylation is 1. The number of hydrogen-bond donors (Lipinski definition) is 0. The molecule has 1 aliphatic rings. The molecule has 0 spiro atoms. The van der Waals surface area contributed by atoms with Gasteiger partial charge < -0.3 is 14.0 Å². The van der Waals surface area contributed by atoms with Crippen molar-refractivity contribution in [2.75, 3.05) is 27.3 Å². The monoisotopic (exact) mass is 382 g/mol. The van der Waals surface area contributed by atoms with E-state index in [1.165, 1.54) is 23.1 Å². The van der Waals surface area contributed by atoms with Crippen LogP contribution in [0.15, 0.2) is 41.3 Å². The predicted molar refractivity (Wildman–Crippen MR) is 108 cm³/mol. The van der Waals surface area contributed by atoms with Gasteiger partial charge in [0.25, 0.3) is 5.56 Å². The molecule has 6 heteroatoms. The zero-order valence-corrected chi connectivity index (χ0v) is 16.3. The number of hydrogen-bond acceptors (Lipinski definition) is 4. The molecule has 3 aromatic rings. The van der Waals surface area contributed by atoms with Gasteiger partial charge in [0.1, 0.15) is 17.3 Å². The van der Waals surface area contributed by atoms with E-state index in [-0.39, 0.29) is 5.56 Å². The van der Waals surface area contributed by atoms with Crippen LogP contribution in [0.5, 0.6) is 11.5 Å². The molecule has 0 N–H and O–H groups in total. The Bertz CT molecular complexity index is 1080. The number of rotatable bonds is 5. The molecule has 0 atom stereocenters. The molecule has 1 aromatic heterocycles. The Balaban J connectivity index is 1.95. The lowest BCUT2D eigenvalue weighted by molar-refractivity contribution is 0.172. The number of nitrogens with zero attached hydrogens (tertiary/aromatic N) is 2. The van der Waals surface area contributed by atoms with Gasteiger partial charge in [0.2, 0.25) is 0 Å². The summed E-state index contributed by atoms with van der Waals surface area (Å²) in [5, 5.41) is 0.991. The lowest BCUT2D eigenvalue weighted by atomic mass is 9.97. The first-order valence-corrected chi connectivity index (χ1v) is 9.28. The maximum atomic E-state index is 13.8. The van der Waals surface area contributed by atoms with Gasteiger partial charge in [0, 0.05) is 25.4 Å². The minimum atomic E-state index is -0.439. The van der Waals surface area contributed by atoms with Crippen LogP contribution in [0, 0.1) is 5.82 Å². The number of pyridine rings is 1. The van der Waals surface area contributed by atoms with Gasteiger partial charge in [-0.15, -0.1) is 0 Å². The summed E-state index contributed by atoms with van der Waals surface area (Å²) in [4.78, 5) is 14.9. The van der Waals surface area contributed by atoms with Crippen molar-refractivity contribution >= 4 is 10.8 Å². The zero-order chi connectivity index (χ0) is 19.8. The second kappa shape index (κ2) is 7.28. The number of fused-ring (bicyclic) bond motifs is 1. The number of benzene rings is 2. The fraction of sp³-hybridized carbons (Fsp3) is 0.318. The topological polar surface area (TPSA) is 43.7 Å². The molecule has 1 fully saturated rings. The van der Waals surface area contributed by atoms with Crippen molar-refractivity contribution in [2.45, 2.75) is 13.0 Å². The van der Waals surface area contributed by atoms with Crippen molar-refractivity contribution in [3.05, 3.63) is 58.3 Å². The first kappa shape index (κ1) is 18.5. The van der Waals surface area contributed by atoms with Gasteiger partial charge in [0.15, 0.2) is 0 Å². The molecule has 0 saturated carbocycles. The van der Waals surface area contributed by atoms with Gasteiger partial charge in [-0.1, -0.05) is 6.07 Å². The normalized spacial score (nSPS) is 14.1. The van der Waals surface area contributed by atoms with Crippen LogP contribution < -0.4 is 15.0 Å². The molecule has 0 unspecified atom stereocenters. The third-order valence-corrected chi connectivity index (χ3v) is 5.34. The molecule has 2 heterocycles. The number of methoxy groups -OCH3 is 2. The highest BCUT2D eigenvalue weighted by molar-refractivity contribution is 5.99. The summed E-state index contributed by atoms with van der Waals surface area (Å²) in [6.07, 6.45) is 2.98. The molecular weight excluding hydrogens is 359 g/mol. The molecule has 1 aliphatic heterocycles.